The molecule has 1 aromatic heterocycles. The van der Waals surface area contributed by atoms with Crippen LogP contribution in [0.4, 0.5) is 0 Å². The minimum Gasteiger partial charge on any atom is -0.493 e. The largest absolute Gasteiger partial charge is 0.493 e. The molecular weight excluding hydrogens is 348 g/mol. The van der Waals surface area contributed by atoms with E-state index < -0.39 is 5.91 Å². The average Bonchev–Trinajstić information content (AvgIpc) is 2.70. The Balaban J connectivity index is 1.87. The van der Waals surface area contributed by atoms with Gasteiger partial charge < -0.3 is 14.8 Å². The smallest absolute Gasteiger partial charge is 0.271 e. The molecule has 0 aliphatic carbocycles. The van der Waals surface area contributed by atoms with Crippen molar-refractivity contribution in [3.05, 3.63) is 53.9 Å². The van der Waals surface area contributed by atoms with Crippen molar-refractivity contribution in [3.63, 3.8) is 0 Å². The Bertz CT molecular complexity index is 822. The van der Waals surface area contributed by atoms with Crippen LogP contribution in [0.5, 0.6) is 11.5 Å². The molecule has 2 rings (SSSR count). The summed E-state index contributed by atoms with van der Waals surface area (Å²) in [5, 5.41) is 6.74. The van der Waals surface area contributed by atoms with Crippen LogP contribution < -0.4 is 20.2 Å². The van der Waals surface area contributed by atoms with Crippen LogP contribution in [0, 0.1) is 0 Å². The van der Waals surface area contributed by atoms with Crippen LogP contribution in [-0.2, 0) is 11.3 Å². The van der Waals surface area contributed by atoms with Gasteiger partial charge in [0, 0.05) is 30.2 Å². The van der Waals surface area contributed by atoms with Gasteiger partial charge in [0.1, 0.15) is 0 Å². The average molecular weight is 370 g/mol. The Morgan fingerprint density at radius 3 is 2.59 bits per heavy atom. The number of carbonyl (C=O) groups is 2. The summed E-state index contributed by atoms with van der Waals surface area (Å²) in [7, 11) is 3.01. The number of pyridine rings is 1. The fourth-order valence-electron chi connectivity index (χ4n) is 2.23. The molecule has 1 aromatic carbocycles. The SMILES string of the molecule is COc1ccc(C(=O)N/N=C(\C)CC(=O)NCc2cccnc2)cc1OC. The Morgan fingerprint density at radius 2 is 1.93 bits per heavy atom. The van der Waals surface area contributed by atoms with Crippen molar-refractivity contribution in [3.8, 4) is 11.5 Å². The van der Waals surface area contributed by atoms with Crippen molar-refractivity contribution < 1.29 is 19.1 Å². The summed E-state index contributed by atoms with van der Waals surface area (Å²) >= 11 is 0. The third kappa shape index (κ3) is 6.10. The topological polar surface area (TPSA) is 102 Å². The lowest BCUT2D eigenvalue weighted by molar-refractivity contribution is -0.120. The molecule has 27 heavy (non-hydrogen) atoms. The lowest BCUT2D eigenvalue weighted by Crippen LogP contribution is -2.26. The molecule has 0 spiro atoms. The van der Waals surface area contributed by atoms with E-state index in [-0.39, 0.29) is 12.3 Å². The van der Waals surface area contributed by atoms with Gasteiger partial charge in [-0.25, -0.2) is 5.43 Å². The van der Waals surface area contributed by atoms with E-state index in [1.807, 2.05) is 6.07 Å². The van der Waals surface area contributed by atoms with Crippen LogP contribution >= 0.6 is 0 Å². The van der Waals surface area contributed by atoms with Crippen molar-refractivity contribution in [1.29, 1.82) is 0 Å². The van der Waals surface area contributed by atoms with Crippen LogP contribution in [0.25, 0.3) is 0 Å². The summed E-state index contributed by atoms with van der Waals surface area (Å²) in [5.74, 6) is 0.367. The first-order chi connectivity index (χ1) is 13.0. The maximum atomic E-state index is 12.2. The van der Waals surface area contributed by atoms with Gasteiger partial charge in [0.25, 0.3) is 5.91 Å². The first kappa shape index (κ1) is 19.9. The van der Waals surface area contributed by atoms with E-state index in [2.05, 4.69) is 20.8 Å². The Morgan fingerprint density at radius 1 is 1.15 bits per heavy atom. The van der Waals surface area contributed by atoms with Gasteiger partial charge in [-0.15, -0.1) is 0 Å². The normalized spacial score (nSPS) is 10.9. The number of nitrogens with zero attached hydrogens (tertiary/aromatic N) is 2. The molecule has 0 bridgehead atoms. The quantitative estimate of drug-likeness (QED) is 0.546. The summed E-state index contributed by atoms with van der Waals surface area (Å²) < 4.78 is 10.3. The molecule has 0 saturated heterocycles. The maximum Gasteiger partial charge on any atom is 0.271 e. The van der Waals surface area contributed by atoms with E-state index in [1.54, 1.807) is 43.6 Å². The number of benzene rings is 1. The minimum atomic E-state index is -0.411. The minimum absolute atomic E-state index is 0.0759. The standard InChI is InChI=1S/C19H22N4O4/c1-13(9-18(24)21-12-14-5-4-8-20-11-14)22-23-19(25)15-6-7-16(26-2)17(10-15)27-3/h4-8,10-11H,9,12H2,1-3H3,(H,21,24)(H,23,25)/b22-13+. The van der Waals surface area contributed by atoms with Gasteiger partial charge in [0.15, 0.2) is 11.5 Å². The van der Waals surface area contributed by atoms with E-state index >= 15 is 0 Å². The number of ether oxygens (including phenoxy) is 2. The Kier molecular flexibility index (Phi) is 7.30. The van der Waals surface area contributed by atoms with Crippen LogP contribution in [0.1, 0.15) is 29.3 Å². The number of methoxy groups -OCH3 is 2. The first-order valence-corrected chi connectivity index (χ1v) is 8.24. The molecule has 0 saturated carbocycles. The van der Waals surface area contributed by atoms with Gasteiger partial charge in [-0.2, -0.15) is 5.10 Å². The number of amides is 2. The van der Waals surface area contributed by atoms with E-state index in [9.17, 15) is 9.59 Å². The number of hydrogen-bond donors (Lipinski definition) is 2. The zero-order valence-corrected chi connectivity index (χ0v) is 15.5. The molecule has 2 amide bonds. The van der Waals surface area contributed by atoms with E-state index in [0.29, 0.717) is 29.3 Å². The summed E-state index contributed by atoms with van der Waals surface area (Å²) in [6, 6.07) is 8.47. The third-order valence-electron chi connectivity index (χ3n) is 3.62. The highest BCUT2D eigenvalue weighted by Crippen LogP contribution is 2.27. The van der Waals surface area contributed by atoms with Crippen LogP contribution in [0.15, 0.2) is 47.8 Å². The highest BCUT2D eigenvalue weighted by atomic mass is 16.5. The summed E-state index contributed by atoms with van der Waals surface area (Å²) in [4.78, 5) is 28.1. The van der Waals surface area contributed by atoms with Crippen molar-refractivity contribution in [2.75, 3.05) is 14.2 Å². The molecule has 2 N–H and O–H groups in total. The molecule has 0 aliphatic rings. The van der Waals surface area contributed by atoms with Crippen LogP contribution in [-0.4, -0.2) is 36.7 Å². The van der Waals surface area contributed by atoms with Crippen LogP contribution in [0.3, 0.4) is 0 Å². The van der Waals surface area contributed by atoms with E-state index in [0.717, 1.165) is 5.56 Å². The molecule has 142 valence electrons. The Hall–Kier alpha value is -3.42. The maximum absolute atomic E-state index is 12.2. The fraction of sp³-hybridized carbons (Fsp3) is 0.263. The molecule has 0 atom stereocenters. The number of hydrazone groups is 1. The highest BCUT2D eigenvalue weighted by Gasteiger charge is 2.11. The zero-order chi connectivity index (χ0) is 19.6. The van der Waals surface area contributed by atoms with Gasteiger partial charge in [-0.05, 0) is 36.8 Å². The highest BCUT2D eigenvalue weighted by molar-refractivity contribution is 6.01. The van der Waals surface area contributed by atoms with Crippen molar-refractivity contribution in [2.24, 2.45) is 5.10 Å². The summed E-state index contributed by atoms with van der Waals surface area (Å²) in [6.45, 7) is 2.05. The Labute approximate surface area is 157 Å². The lowest BCUT2D eigenvalue weighted by Gasteiger charge is -2.09. The predicted octanol–water partition coefficient (Wildman–Crippen LogP) is 1.91. The molecule has 2 aromatic rings. The van der Waals surface area contributed by atoms with Gasteiger partial charge in [-0.3, -0.25) is 14.6 Å². The molecule has 8 nitrogen and oxygen atoms in total. The molecule has 0 fully saturated rings. The molecular formula is C19H22N4O4. The molecule has 8 heteroatoms. The second kappa shape index (κ2) is 9.91. The van der Waals surface area contributed by atoms with Gasteiger partial charge in [0.2, 0.25) is 5.91 Å². The monoisotopic (exact) mass is 370 g/mol. The van der Waals surface area contributed by atoms with Crippen molar-refractivity contribution in [2.45, 2.75) is 19.9 Å². The predicted molar refractivity (Wildman–Crippen MR) is 101 cm³/mol. The number of carbonyl (C=O) groups excluding carboxylic acids is 2. The molecule has 0 radical (unpaired) electrons. The first-order valence-electron chi connectivity index (χ1n) is 8.24. The molecule has 0 unspecified atom stereocenters. The van der Waals surface area contributed by atoms with Gasteiger partial charge in [-0.1, -0.05) is 6.07 Å². The van der Waals surface area contributed by atoms with Gasteiger partial charge >= 0.3 is 0 Å². The molecule has 1 heterocycles. The zero-order valence-electron chi connectivity index (χ0n) is 15.5. The van der Waals surface area contributed by atoms with Gasteiger partial charge in [0.05, 0.1) is 20.6 Å². The van der Waals surface area contributed by atoms with E-state index in [4.69, 9.17) is 9.47 Å². The number of hydrogen-bond acceptors (Lipinski definition) is 6. The summed E-state index contributed by atoms with van der Waals surface area (Å²) in [6.07, 6.45) is 3.43. The summed E-state index contributed by atoms with van der Waals surface area (Å²) in [5.41, 5.74) is 4.18. The fourth-order valence-corrected chi connectivity index (χ4v) is 2.23. The van der Waals surface area contributed by atoms with E-state index in [1.165, 1.54) is 14.2 Å². The lowest BCUT2D eigenvalue weighted by atomic mass is 10.2. The molecule has 0 aliphatic heterocycles. The second-order valence-corrected chi connectivity index (χ2v) is 5.67. The second-order valence-electron chi connectivity index (χ2n) is 5.67. The number of nitrogens with one attached hydrogen (secondary N) is 2. The van der Waals surface area contributed by atoms with Crippen molar-refractivity contribution in [1.82, 2.24) is 15.7 Å². The number of rotatable bonds is 8. The number of aromatic nitrogens is 1. The third-order valence-corrected chi connectivity index (χ3v) is 3.62. The van der Waals surface area contributed by atoms with Crippen molar-refractivity contribution >= 4 is 17.5 Å². The van der Waals surface area contributed by atoms with Crippen LogP contribution in [0.2, 0.25) is 0 Å².